The van der Waals surface area contributed by atoms with Crippen LogP contribution in [-0.2, 0) is 24.2 Å². The van der Waals surface area contributed by atoms with Gasteiger partial charge >= 0.3 is 0 Å². The Hall–Kier alpha value is -4.37. The third-order valence-electron chi connectivity index (χ3n) is 6.13. The summed E-state index contributed by atoms with van der Waals surface area (Å²) in [5, 5.41) is 10.6. The number of non-ortho nitro benzene ring substituents is 1. The molecule has 2 amide bonds. The van der Waals surface area contributed by atoms with E-state index in [9.17, 15) is 19.7 Å². The van der Waals surface area contributed by atoms with E-state index in [1.165, 1.54) is 24.1 Å². The molecule has 0 aromatic heterocycles. The number of rotatable bonds is 12. The highest BCUT2D eigenvalue weighted by atomic mass is 32.2. The van der Waals surface area contributed by atoms with E-state index < -0.39 is 4.92 Å². The van der Waals surface area contributed by atoms with Crippen molar-refractivity contribution >= 4 is 34.7 Å². The molecule has 0 aliphatic carbocycles. The summed E-state index contributed by atoms with van der Waals surface area (Å²) >= 11 is 0.929. The van der Waals surface area contributed by atoms with Gasteiger partial charge in [0.25, 0.3) is 16.8 Å². The van der Waals surface area contributed by atoms with Crippen LogP contribution >= 0.6 is 11.8 Å². The number of benzene rings is 3. The van der Waals surface area contributed by atoms with E-state index in [4.69, 9.17) is 9.47 Å². The molecule has 1 aliphatic heterocycles. The van der Waals surface area contributed by atoms with Crippen molar-refractivity contribution in [1.82, 2.24) is 4.90 Å². The maximum Gasteiger partial charge on any atom is 0.293 e. The number of hydrogen-bond acceptors (Lipinski definition) is 7. The van der Waals surface area contributed by atoms with Gasteiger partial charge in [0, 0.05) is 24.2 Å². The van der Waals surface area contributed by atoms with Gasteiger partial charge < -0.3 is 9.47 Å². The minimum absolute atomic E-state index is 0.00800. The highest BCUT2D eigenvalue weighted by Crippen LogP contribution is 2.37. The monoisotopic (exact) mass is 544 g/mol. The predicted octanol–water partition coefficient (Wildman–Crippen LogP) is 6.58. The molecule has 200 valence electrons. The van der Waals surface area contributed by atoms with E-state index in [2.05, 4.69) is 6.58 Å². The maximum atomic E-state index is 13.0. The van der Waals surface area contributed by atoms with Crippen molar-refractivity contribution in [2.45, 2.75) is 25.9 Å². The number of allylic oxidation sites excluding steroid dienone is 1. The van der Waals surface area contributed by atoms with Crippen LogP contribution in [-0.4, -0.2) is 34.6 Å². The van der Waals surface area contributed by atoms with Gasteiger partial charge in [0.2, 0.25) is 0 Å². The number of nitro groups is 1. The molecule has 0 N–H and O–H groups in total. The number of ether oxygens (including phenoxy) is 2. The fourth-order valence-corrected chi connectivity index (χ4v) is 5.05. The summed E-state index contributed by atoms with van der Waals surface area (Å²) in [7, 11) is 1.52. The molecule has 0 saturated carbocycles. The van der Waals surface area contributed by atoms with Crippen molar-refractivity contribution in [3.63, 3.8) is 0 Å². The van der Waals surface area contributed by atoms with Crippen LogP contribution in [0.4, 0.5) is 10.5 Å². The first-order valence-corrected chi connectivity index (χ1v) is 13.2. The molecule has 0 bridgehead atoms. The summed E-state index contributed by atoms with van der Waals surface area (Å²) < 4.78 is 11.7. The molecule has 3 aromatic rings. The zero-order valence-corrected chi connectivity index (χ0v) is 22.3. The molecule has 1 heterocycles. The minimum Gasteiger partial charge on any atom is -0.493 e. The lowest BCUT2D eigenvalue weighted by molar-refractivity contribution is -0.384. The minimum atomic E-state index is -0.450. The van der Waals surface area contributed by atoms with E-state index in [-0.39, 0.29) is 23.4 Å². The molecule has 0 unspecified atom stereocenters. The van der Waals surface area contributed by atoms with E-state index >= 15 is 0 Å². The fraction of sp³-hybridized carbons (Fsp3) is 0.200. The first-order chi connectivity index (χ1) is 18.9. The number of nitro benzene ring substituents is 1. The smallest absolute Gasteiger partial charge is 0.293 e. The van der Waals surface area contributed by atoms with Crippen LogP contribution in [0.3, 0.4) is 0 Å². The molecule has 0 atom stereocenters. The van der Waals surface area contributed by atoms with Gasteiger partial charge in [-0.1, -0.05) is 36.4 Å². The van der Waals surface area contributed by atoms with Crippen LogP contribution in [0.15, 0.2) is 84.3 Å². The average molecular weight is 545 g/mol. The molecule has 39 heavy (non-hydrogen) atoms. The summed E-state index contributed by atoms with van der Waals surface area (Å²) in [5.74, 6) is 0.673. The van der Waals surface area contributed by atoms with Gasteiger partial charge in [-0.3, -0.25) is 24.6 Å². The van der Waals surface area contributed by atoms with E-state index in [0.29, 0.717) is 41.4 Å². The largest absolute Gasteiger partial charge is 0.493 e. The van der Waals surface area contributed by atoms with E-state index in [1.54, 1.807) is 30.4 Å². The van der Waals surface area contributed by atoms with Crippen molar-refractivity contribution in [2.24, 2.45) is 0 Å². The fourth-order valence-electron chi connectivity index (χ4n) is 4.19. The molecular formula is C30H28N2O6S. The van der Waals surface area contributed by atoms with Crippen LogP contribution in [0, 0.1) is 10.1 Å². The Morgan fingerprint density at radius 2 is 1.79 bits per heavy atom. The maximum absolute atomic E-state index is 13.0. The van der Waals surface area contributed by atoms with Crippen molar-refractivity contribution in [1.29, 1.82) is 0 Å². The van der Waals surface area contributed by atoms with E-state index in [1.807, 2.05) is 36.4 Å². The van der Waals surface area contributed by atoms with Crippen LogP contribution in [0.25, 0.3) is 6.08 Å². The molecule has 4 rings (SSSR count). The molecule has 8 nitrogen and oxygen atoms in total. The summed E-state index contributed by atoms with van der Waals surface area (Å²) in [6.45, 7) is 4.37. The lowest BCUT2D eigenvalue weighted by Gasteiger charge is -2.16. The Morgan fingerprint density at radius 1 is 1.05 bits per heavy atom. The number of thioether (sulfide) groups is 1. The lowest BCUT2D eigenvalue weighted by atomic mass is 10.0. The van der Waals surface area contributed by atoms with Gasteiger partial charge in [-0.15, -0.1) is 6.58 Å². The molecule has 0 radical (unpaired) electrons. The molecule has 1 saturated heterocycles. The lowest BCUT2D eigenvalue weighted by Crippen LogP contribution is -2.29. The summed E-state index contributed by atoms with van der Waals surface area (Å²) in [4.78, 5) is 37.7. The van der Waals surface area contributed by atoms with Crippen LogP contribution in [0.2, 0.25) is 0 Å². The zero-order valence-electron chi connectivity index (χ0n) is 21.5. The normalized spacial score (nSPS) is 14.1. The van der Waals surface area contributed by atoms with Gasteiger partial charge in [-0.25, -0.2) is 0 Å². The topological polar surface area (TPSA) is 99.0 Å². The number of amides is 2. The van der Waals surface area contributed by atoms with E-state index in [0.717, 1.165) is 34.9 Å². The van der Waals surface area contributed by atoms with Crippen LogP contribution < -0.4 is 9.47 Å². The van der Waals surface area contributed by atoms with Crippen LogP contribution in [0.1, 0.15) is 28.7 Å². The SMILES string of the molecule is C=CCc1cc(/C=C2/SC(=O)N(CCCc3ccccc3)C2=O)cc(OC)c1OCc1ccc([N+](=O)[O-])cc1. The second-order valence-corrected chi connectivity index (χ2v) is 9.83. The Bertz CT molecular complexity index is 1400. The number of carbonyl (C=O) groups is 2. The number of nitrogens with zero attached hydrogens (tertiary/aromatic N) is 2. The number of aryl methyl sites for hydroxylation is 1. The number of imide groups is 1. The van der Waals surface area contributed by atoms with Gasteiger partial charge in [0.05, 0.1) is 16.9 Å². The molecule has 1 aliphatic rings. The van der Waals surface area contributed by atoms with Gasteiger partial charge in [0.15, 0.2) is 11.5 Å². The summed E-state index contributed by atoms with van der Waals surface area (Å²) in [5.41, 5.74) is 3.42. The second-order valence-electron chi connectivity index (χ2n) is 8.84. The molecule has 0 spiro atoms. The van der Waals surface area contributed by atoms with Crippen molar-refractivity contribution < 1.29 is 24.0 Å². The molecule has 9 heteroatoms. The zero-order chi connectivity index (χ0) is 27.8. The van der Waals surface area contributed by atoms with Crippen molar-refractivity contribution in [3.8, 4) is 11.5 Å². The number of carbonyl (C=O) groups excluding carboxylic acids is 2. The predicted molar refractivity (Wildman–Crippen MR) is 152 cm³/mol. The number of hydrogen-bond donors (Lipinski definition) is 0. The Morgan fingerprint density at radius 3 is 2.46 bits per heavy atom. The van der Waals surface area contributed by atoms with Crippen molar-refractivity contribution in [3.05, 3.63) is 117 Å². The third kappa shape index (κ3) is 6.94. The van der Waals surface area contributed by atoms with Crippen molar-refractivity contribution in [2.75, 3.05) is 13.7 Å². The third-order valence-corrected chi connectivity index (χ3v) is 7.04. The quantitative estimate of drug-likeness (QED) is 0.110. The van der Waals surface area contributed by atoms with Gasteiger partial charge in [0.1, 0.15) is 6.61 Å². The average Bonchev–Trinajstić information content (AvgIpc) is 3.20. The van der Waals surface area contributed by atoms with Gasteiger partial charge in [-0.2, -0.15) is 0 Å². The second kappa shape index (κ2) is 12.9. The first kappa shape index (κ1) is 27.7. The standard InChI is InChI=1S/C30H28N2O6S/c1-3-8-24-17-23(18-26(37-2)28(24)38-20-22-12-14-25(15-13-22)32(35)36)19-27-29(33)31(30(34)39-27)16-7-11-21-9-5-4-6-10-21/h3-6,9-10,12-15,17-19H,1,7-8,11,16,20H2,2H3/b27-19+. The molecule has 3 aromatic carbocycles. The first-order valence-electron chi connectivity index (χ1n) is 12.4. The summed E-state index contributed by atoms with van der Waals surface area (Å²) in [6, 6.07) is 19.7. The highest BCUT2D eigenvalue weighted by molar-refractivity contribution is 8.18. The van der Waals surface area contributed by atoms with Gasteiger partial charge in [-0.05, 0) is 78.1 Å². The Balaban J connectivity index is 1.49. The van der Waals surface area contributed by atoms with Crippen LogP contribution in [0.5, 0.6) is 11.5 Å². The highest BCUT2D eigenvalue weighted by Gasteiger charge is 2.34. The summed E-state index contributed by atoms with van der Waals surface area (Å²) in [6.07, 6.45) is 5.38. The number of methoxy groups -OCH3 is 1. The Labute approximate surface area is 231 Å². The molecular weight excluding hydrogens is 516 g/mol. The Kier molecular flexibility index (Phi) is 9.17. The molecule has 1 fully saturated rings.